The van der Waals surface area contributed by atoms with Gasteiger partial charge in [-0.15, -0.1) is 0 Å². The van der Waals surface area contributed by atoms with E-state index in [1.807, 2.05) is 0 Å². The van der Waals surface area contributed by atoms with Gasteiger partial charge >= 0.3 is 0 Å². The van der Waals surface area contributed by atoms with E-state index in [9.17, 15) is 0 Å². The molecular formula is C7H12N4O. The van der Waals surface area contributed by atoms with Gasteiger partial charge in [0.15, 0.2) is 5.82 Å². The Labute approximate surface area is 70.3 Å². The first-order valence-corrected chi connectivity index (χ1v) is 4.13. The largest absolute Gasteiger partial charge is 0.338 e. The number of nitrogens with one attached hydrogen (secondary N) is 1. The van der Waals surface area contributed by atoms with Crippen LogP contribution in [0.15, 0.2) is 4.52 Å². The highest BCUT2D eigenvalue weighted by Gasteiger charge is 2.21. The zero-order valence-corrected chi connectivity index (χ0v) is 6.79. The zero-order chi connectivity index (χ0) is 8.39. The van der Waals surface area contributed by atoms with Crippen LogP contribution in [-0.4, -0.2) is 23.2 Å². The molecule has 2 rings (SSSR count). The lowest BCUT2D eigenvalue weighted by Gasteiger charge is -1.98. The van der Waals surface area contributed by atoms with Crippen molar-refractivity contribution in [1.29, 1.82) is 0 Å². The highest BCUT2D eigenvalue weighted by molar-refractivity contribution is 4.99. The SMILES string of the molecule is NCc1nc(C2CCNC2)no1. The molecule has 66 valence electrons. The maximum atomic E-state index is 5.35. The van der Waals surface area contributed by atoms with Gasteiger partial charge in [0.25, 0.3) is 0 Å². The molecule has 1 fully saturated rings. The summed E-state index contributed by atoms with van der Waals surface area (Å²) in [7, 11) is 0. The Morgan fingerprint density at radius 3 is 3.17 bits per heavy atom. The molecule has 0 saturated carbocycles. The van der Waals surface area contributed by atoms with E-state index in [-0.39, 0.29) is 0 Å². The van der Waals surface area contributed by atoms with Crippen molar-refractivity contribution in [2.45, 2.75) is 18.9 Å². The Bertz CT molecular complexity index is 254. The van der Waals surface area contributed by atoms with Crippen molar-refractivity contribution < 1.29 is 4.52 Å². The molecule has 1 saturated heterocycles. The van der Waals surface area contributed by atoms with Gasteiger partial charge in [0.1, 0.15) is 0 Å². The van der Waals surface area contributed by atoms with Gasteiger partial charge in [-0.25, -0.2) is 0 Å². The molecule has 0 bridgehead atoms. The molecule has 0 radical (unpaired) electrons. The number of hydrogen-bond acceptors (Lipinski definition) is 5. The molecule has 1 aromatic rings. The van der Waals surface area contributed by atoms with Crippen LogP contribution in [0.1, 0.15) is 24.1 Å². The first-order valence-electron chi connectivity index (χ1n) is 4.13. The van der Waals surface area contributed by atoms with Crippen LogP contribution in [-0.2, 0) is 6.54 Å². The average molecular weight is 168 g/mol. The van der Waals surface area contributed by atoms with E-state index in [4.69, 9.17) is 10.3 Å². The lowest BCUT2D eigenvalue weighted by molar-refractivity contribution is 0.372. The van der Waals surface area contributed by atoms with Crippen LogP contribution in [0.25, 0.3) is 0 Å². The highest BCUT2D eigenvalue weighted by atomic mass is 16.5. The van der Waals surface area contributed by atoms with Crippen LogP contribution in [0.2, 0.25) is 0 Å². The van der Waals surface area contributed by atoms with Gasteiger partial charge in [0.05, 0.1) is 6.54 Å². The predicted octanol–water partition coefficient (Wildman–Crippen LogP) is -0.395. The lowest BCUT2D eigenvalue weighted by atomic mass is 10.1. The predicted molar refractivity (Wildman–Crippen MR) is 42.4 cm³/mol. The summed E-state index contributed by atoms with van der Waals surface area (Å²) < 4.78 is 4.91. The minimum Gasteiger partial charge on any atom is -0.338 e. The first kappa shape index (κ1) is 7.70. The monoisotopic (exact) mass is 168 g/mol. The normalized spacial score (nSPS) is 23.2. The van der Waals surface area contributed by atoms with Gasteiger partial charge in [0.2, 0.25) is 5.89 Å². The molecule has 1 aliphatic rings. The molecule has 1 aromatic heterocycles. The molecule has 1 aliphatic heterocycles. The Morgan fingerprint density at radius 2 is 2.58 bits per heavy atom. The lowest BCUT2D eigenvalue weighted by Crippen LogP contribution is -2.09. The van der Waals surface area contributed by atoms with Gasteiger partial charge in [0, 0.05) is 12.5 Å². The summed E-state index contributed by atoms with van der Waals surface area (Å²) in [5.41, 5.74) is 5.35. The summed E-state index contributed by atoms with van der Waals surface area (Å²) >= 11 is 0. The summed E-state index contributed by atoms with van der Waals surface area (Å²) in [6, 6.07) is 0. The van der Waals surface area contributed by atoms with E-state index in [0.29, 0.717) is 18.4 Å². The van der Waals surface area contributed by atoms with Crippen molar-refractivity contribution >= 4 is 0 Å². The van der Waals surface area contributed by atoms with E-state index in [1.165, 1.54) is 0 Å². The van der Waals surface area contributed by atoms with E-state index >= 15 is 0 Å². The number of nitrogens with zero attached hydrogens (tertiary/aromatic N) is 2. The van der Waals surface area contributed by atoms with Crippen molar-refractivity contribution in [3.05, 3.63) is 11.7 Å². The fraction of sp³-hybridized carbons (Fsp3) is 0.714. The Kier molecular flexibility index (Phi) is 2.05. The minimum absolute atomic E-state index is 0.327. The smallest absolute Gasteiger partial charge is 0.240 e. The van der Waals surface area contributed by atoms with Crippen molar-refractivity contribution in [2.24, 2.45) is 5.73 Å². The number of aromatic nitrogens is 2. The maximum absolute atomic E-state index is 5.35. The molecular weight excluding hydrogens is 156 g/mol. The molecule has 1 atom stereocenters. The third-order valence-corrected chi connectivity index (χ3v) is 2.08. The molecule has 0 amide bonds. The summed E-state index contributed by atoms with van der Waals surface area (Å²) in [5, 5.41) is 7.11. The second kappa shape index (κ2) is 3.20. The van der Waals surface area contributed by atoms with Crippen LogP contribution in [0, 0.1) is 0 Å². The van der Waals surface area contributed by atoms with Crippen LogP contribution in [0.5, 0.6) is 0 Å². The van der Waals surface area contributed by atoms with Gasteiger partial charge in [-0.1, -0.05) is 5.16 Å². The molecule has 12 heavy (non-hydrogen) atoms. The standard InChI is InChI=1S/C7H12N4O/c8-3-6-10-7(11-12-6)5-1-2-9-4-5/h5,9H,1-4,8H2. The molecule has 2 heterocycles. The number of rotatable bonds is 2. The van der Waals surface area contributed by atoms with Crippen molar-refractivity contribution in [3.63, 3.8) is 0 Å². The van der Waals surface area contributed by atoms with Crippen molar-refractivity contribution in [2.75, 3.05) is 13.1 Å². The molecule has 1 unspecified atom stereocenters. The van der Waals surface area contributed by atoms with E-state index < -0.39 is 0 Å². The van der Waals surface area contributed by atoms with Gasteiger partial charge in [-0.3, -0.25) is 0 Å². The van der Waals surface area contributed by atoms with E-state index in [0.717, 1.165) is 25.3 Å². The maximum Gasteiger partial charge on any atom is 0.240 e. The number of hydrogen-bond donors (Lipinski definition) is 2. The summed E-state index contributed by atoms with van der Waals surface area (Å²) in [6.07, 6.45) is 1.09. The van der Waals surface area contributed by atoms with Crippen molar-refractivity contribution in [1.82, 2.24) is 15.5 Å². The summed E-state index contributed by atoms with van der Waals surface area (Å²) in [5.74, 6) is 1.73. The second-order valence-corrected chi connectivity index (χ2v) is 2.94. The number of nitrogens with two attached hydrogens (primary N) is 1. The molecule has 0 aromatic carbocycles. The minimum atomic E-state index is 0.327. The molecule has 3 N–H and O–H groups in total. The second-order valence-electron chi connectivity index (χ2n) is 2.94. The molecule has 5 nitrogen and oxygen atoms in total. The topological polar surface area (TPSA) is 77.0 Å². The Morgan fingerprint density at radius 1 is 1.67 bits per heavy atom. The van der Waals surface area contributed by atoms with Gasteiger partial charge in [-0.05, 0) is 13.0 Å². The third-order valence-electron chi connectivity index (χ3n) is 2.08. The first-order chi connectivity index (χ1) is 5.90. The summed E-state index contributed by atoms with van der Waals surface area (Å²) in [6.45, 7) is 2.31. The quantitative estimate of drug-likeness (QED) is 0.628. The van der Waals surface area contributed by atoms with Gasteiger partial charge < -0.3 is 15.6 Å². The highest BCUT2D eigenvalue weighted by Crippen LogP contribution is 2.18. The third kappa shape index (κ3) is 1.33. The summed E-state index contributed by atoms with van der Waals surface area (Å²) in [4.78, 5) is 4.17. The van der Waals surface area contributed by atoms with Gasteiger partial charge in [-0.2, -0.15) is 4.98 Å². The van der Waals surface area contributed by atoms with Crippen LogP contribution in [0.4, 0.5) is 0 Å². The van der Waals surface area contributed by atoms with E-state index in [2.05, 4.69) is 15.5 Å². The Hall–Kier alpha value is -0.940. The fourth-order valence-corrected chi connectivity index (χ4v) is 1.39. The molecule has 0 aliphatic carbocycles. The van der Waals surface area contributed by atoms with E-state index in [1.54, 1.807) is 0 Å². The fourth-order valence-electron chi connectivity index (χ4n) is 1.39. The Balaban J connectivity index is 2.11. The van der Waals surface area contributed by atoms with Crippen LogP contribution in [0.3, 0.4) is 0 Å². The average Bonchev–Trinajstić information content (AvgIpc) is 2.75. The van der Waals surface area contributed by atoms with Crippen LogP contribution >= 0.6 is 0 Å². The molecule has 0 spiro atoms. The zero-order valence-electron chi connectivity index (χ0n) is 6.79. The molecule has 5 heteroatoms. The van der Waals surface area contributed by atoms with Crippen molar-refractivity contribution in [3.8, 4) is 0 Å². The van der Waals surface area contributed by atoms with Crippen LogP contribution < -0.4 is 11.1 Å².